The van der Waals surface area contributed by atoms with Gasteiger partial charge in [0.2, 0.25) is 0 Å². The van der Waals surface area contributed by atoms with E-state index in [1.54, 1.807) is 12.1 Å². The average Bonchev–Trinajstić information content (AvgIpc) is 2.06. The van der Waals surface area contributed by atoms with Crippen molar-refractivity contribution in [2.45, 2.75) is 24.3 Å². The highest BCUT2D eigenvalue weighted by molar-refractivity contribution is 7.90. The number of benzene rings is 1. The van der Waals surface area contributed by atoms with Crippen LogP contribution in [0.3, 0.4) is 0 Å². The Kier molecular flexibility index (Phi) is 3.76. The van der Waals surface area contributed by atoms with Gasteiger partial charge in [0, 0.05) is 17.3 Å². The number of hydrogen-bond donors (Lipinski definition) is 1. The van der Waals surface area contributed by atoms with E-state index in [1.165, 1.54) is 12.3 Å². The lowest BCUT2D eigenvalue weighted by atomic mass is 10.1. The van der Waals surface area contributed by atoms with Crippen molar-refractivity contribution in [1.29, 1.82) is 0 Å². The van der Waals surface area contributed by atoms with Gasteiger partial charge in [-0.1, -0.05) is 11.6 Å². The van der Waals surface area contributed by atoms with Crippen LogP contribution in [0.15, 0.2) is 23.1 Å². The molecule has 3 nitrogen and oxygen atoms in total. The predicted molar refractivity (Wildman–Crippen MR) is 61.9 cm³/mol. The van der Waals surface area contributed by atoms with Crippen molar-refractivity contribution in [2.24, 2.45) is 5.73 Å². The second kappa shape index (κ2) is 4.51. The SMILES string of the molecule is CC(N)Cc1cc(S(C)(=O)=O)ccc1Cl. The van der Waals surface area contributed by atoms with Crippen LogP contribution in [0.5, 0.6) is 0 Å². The highest BCUT2D eigenvalue weighted by atomic mass is 35.5. The van der Waals surface area contributed by atoms with Crippen LogP contribution in [0.25, 0.3) is 0 Å². The first-order chi connectivity index (χ1) is 6.80. The van der Waals surface area contributed by atoms with Crippen molar-refractivity contribution >= 4 is 21.4 Å². The summed E-state index contributed by atoms with van der Waals surface area (Å²) in [4.78, 5) is 0.280. The quantitative estimate of drug-likeness (QED) is 0.883. The lowest BCUT2D eigenvalue weighted by molar-refractivity contribution is 0.601. The Labute approximate surface area is 95.2 Å². The molecule has 0 aliphatic rings. The Morgan fingerprint density at radius 3 is 2.53 bits per heavy atom. The zero-order valence-corrected chi connectivity index (χ0v) is 10.3. The monoisotopic (exact) mass is 247 g/mol. The normalized spacial score (nSPS) is 13.9. The van der Waals surface area contributed by atoms with Gasteiger partial charge in [-0.2, -0.15) is 0 Å². The fraction of sp³-hybridized carbons (Fsp3) is 0.400. The highest BCUT2D eigenvalue weighted by Gasteiger charge is 2.10. The van der Waals surface area contributed by atoms with E-state index >= 15 is 0 Å². The summed E-state index contributed by atoms with van der Waals surface area (Å²) in [6.07, 6.45) is 1.74. The van der Waals surface area contributed by atoms with Gasteiger partial charge in [-0.3, -0.25) is 0 Å². The van der Waals surface area contributed by atoms with E-state index < -0.39 is 9.84 Å². The second-order valence-corrected chi connectivity index (χ2v) is 6.13. The molecule has 1 rings (SSSR count). The number of hydrogen-bond acceptors (Lipinski definition) is 3. The van der Waals surface area contributed by atoms with Gasteiger partial charge in [-0.15, -0.1) is 0 Å². The van der Waals surface area contributed by atoms with E-state index in [1.807, 2.05) is 6.92 Å². The molecule has 1 unspecified atom stereocenters. The molecule has 2 N–H and O–H groups in total. The van der Waals surface area contributed by atoms with Crippen molar-refractivity contribution in [3.8, 4) is 0 Å². The zero-order valence-electron chi connectivity index (χ0n) is 8.70. The summed E-state index contributed by atoms with van der Waals surface area (Å²) in [6.45, 7) is 1.85. The fourth-order valence-electron chi connectivity index (χ4n) is 1.29. The molecular weight excluding hydrogens is 234 g/mol. The van der Waals surface area contributed by atoms with Crippen molar-refractivity contribution < 1.29 is 8.42 Å². The summed E-state index contributed by atoms with van der Waals surface area (Å²) in [5, 5.41) is 0.555. The van der Waals surface area contributed by atoms with Crippen molar-refractivity contribution in [1.82, 2.24) is 0 Å². The molecule has 0 aliphatic carbocycles. The molecule has 0 bridgehead atoms. The first-order valence-corrected chi connectivity index (χ1v) is 6.81. The van der Waals surface area contributed by atoms with E-state index in [-0.39, 0.29) is 10.9 Å². The second-order valence-electron chi connectivity index (χ2n) is 3.71. The molecular formula is C10H14ClNO2S. The van der Waals surface area contributed by atoms with Crippen molar-refractivity contribution in [3.63, 3.8) is 0 Å². The number of sulfone groups is 1. The van der Waals surface area contributed by atoms with E-state index in [0.717, 1.165) is 5.56 Å². The third kappa shape index (κ3) is 3.48. The van der Waals surface area contributed by atoms with Gasteiger partial charge in [-0.25, -0.2) is 8.42 Å². The van der Waals surface area contributed by atoms with Crippen molar-refractivity contribution in [3.05, 3.63) is 28.8 Å². The Hall–Kier alpha value is -0.580. The van der Waals surface area contributed by atoms with Crippen LogP contribution >= 0.6 is 11.6 Å². The molecule has 0 spiro atoms. The van der Waals surface area contributed by atoms with Gasteiger partial charge in [0.05, 0.1) is 4.90 Å². The Balaban J connectivity index is 3.17. The molecule has 0 saturated carbocycles. The molecule has 0 amide bonds. The van der Waals surface area contributed by atoms with Crippen LogP contribution in [0.1, 0.15) is 12.5 Å². The Morgan fingerprint density at radius 2 is 2.07 bits per heavy atom. The molecule has 1 aromatic rings. The topological polar surface area (TPSA) is 60.2 Å². The first kappa shape index (κ1) is 12.5. The predicted octanol–water partition coefficient (Wildman–Crippen LogP) is 1.63. The number of halogens is 1. The van der Waals surface area contributed by atoms with Gasteiger partial charge in [-0.05, 0) is 37.1 Å². The molecule has 1 atom stereocenters. The van der Waals surface area contributed by atoms with Crippen LogP contribution in [0, 0.1) is 0 Å². The lowest BCUT2D eigenvalue weighted by Gasteiger charge is -2.08. The van der Waals surface area contributed by atoms with Crippen molar-refractivity contribution in [2.75, 3.05) is 6.26 Å². The zero-order chi connectivity index (χ0) is 11.6. The Morgan fingerprint density at radius 1 is 1.47 bits per heavy atom. The van der Waals surface area contributed by atoms with Gasteiger partial charge in [0.1, 0.15) is 0 Å². The summed E-state index contributed by atoms with van der Waals surface area (Å²) < 4.78 is 22.6. The van der Waals surface area contributed by atoms with Crippen LogP contribution in [0.2, 0.25) is 5.02 Å². The van der Waals surface area contributed by atoms with Gasteiger partial charge >= 0.3 is 0 Å². The van der Waals surface area contributed by atoms with E-state index in [2.05, 4.69) is 0 Å². The van der Waals surface area contributed by atoms with E-state index in [9.17, 15) is 8.42 Å². The molecule has 84 valence electrons. The molecule has 15 heavy (non-hydrogen) atoms. The maximum atomic E-state index is 11.3. The minimum atomic E-state index is -3.18. The lowest BCUT2D eigenvalue weighted by Crippen LogP contribution is -2.18. The molecule has 0 radical (unpaired) electrons. The summed E-state index contributed by atoms with van der Waals surface area (Å²) in [7, 11) is -3.18. The van der Waals surface area contributed by atoms with Crippen LogP contribution in [-0.2, 0) is 16.3 Å². The molecule has 0 aromatic heterocycles. The fourth-order valence-corrected chi connectivity index (χ4v) is 2.15. The molecule has 0 aliphatic heterocycles. The molecule has 0 saturated heterocycles. The maximum Gasteiger partial charge on any atom is 0.175 e. The van der Waals surface area contributed by atoms with E-state index in [4.69, 9.17) is 17.3 Å². The number of rotatable bonds is 3. The number of nitrogens with two attached hydrogens (primary N) is 1. The smallest absolute Gasteiger partial charge is 0.175 e. The third-order valence-corrected chi connectivity index (χ3v) is 3.47. The Bertz CT molecular complexity index is 454. The molecule has 0 heterocycles. The van der Waals surface area contributed by atoms with Gasteiger partial charge < -0.3 is 5.73 Å². The van der Waals surface area contributed by atoms with Gasteiger partial charge in [0.25, 0.3) is 0 Å². The summed E-state index contributed by atoms with van der Waals surface area (Å²) in [5.74, 6) is 0. The largest absolute Gasteiger partial charge is 0.328 e. The third-order valence-electron chi connectivity index (χ3n) is 1.99. The summed E-state index contributed by atoms with van der Waals surface area (Å²) in [6, 6.07) is 4.64. The first-order valence-electron chi connectivity index (χ1n) is 4.55. The maximum absolute atomic E-state index is 11.3. The summed E-state index contributed by atoms with van der Waals surface area (Å²) >= 11 is 5.94. The minimum Gasteiger partial charge on any atom is -0.328 e. The van der Waals surface area contributed by atoms with E-state index in [0.29, 0.717) is 11.4 Å². The van der Waals surface area contributed by atoms with Crippen LogP contribution in [0.4, 0.5) is 0 Å². The van der Waals surface area contributed by atoms with Crippen LogP contribution < -0.4 is 5.73 Å². The standard InChI is InChI=1S/C10H14ClNO2S/c1-7(12)5-8-6-9(15(2,13)14)3-4-10(8)11/h3-4,6-7H,5,12H2,1-2H3. The highest BCUT2D eigenvalue weighted by Crippen LogP contribution is 2.21. The molecule has 5 heteroatoms. The summed E-state index contributed by atoms with van der Waals surface area (Å²) in [5.41, 5.74) is 6.42. The molecule has 1 aromatic carbocycles. The van der Waals surface area contributed by atoms with Crippen LogP contribution in [-0.4, -0.2) is 20.7 Å². The average molecular weight is 248 g/mol. The molecule has 0 fully saturated rings. The minimum absolute atomic E-state index is 0.0442. The van der Waals surface area contributed by atoms with Gasteiger partial charge in [0.15, 0.2) is 9.84 Å².